The average Bonchev–Trinajstić information content (AvgIpc) is 3.05. The molecule has 0 bridgehead atoms. The first-order chi connectivity index (χ1) is 9.17. The summed E-state index contributed by atoms with van der Waals surface area (Å²) in [7, 11) is 0. The summed E-state index contributed by atoms with van der Waals surface area (Å²) < 4.78 is 0.703. The normalized spacial score (nSPS) is 13.9. The van der Waals surface area contributed by atoms with Crippen LogP contribution in [-0.4, -0.2) is 40.5 Å². The predicted molar refractivity (Wildman–Crippen MR) is 74.5 cm³/mol. The molecule has 1 aliphatic carbocycles. The van der Waals surface area contributed by atoms with Gasteiger partial charge in [-0.15, -0.1) is 10.2 Å². The van der Waals surface area contributed by atoms with E-state index < -0.39 is 6.03 Å². The fourth-order valence-corrected chi connectivity index (χ4v) is 2.85. The van der Waals surface area contributed by atoms with Gasteiger partial charge in [0.1, 0.15) is 0 Å². The molecule has 104 valence electrons. The molecule has 0 atom stereocenters. The average molecular weight is 301 g/mol. The molecular formula is C10H15N5O2S2. The van der Waals surface area contributed by atoms with Crippen LogP contribution in [0.5, 0.6) is 0 Å². The number of amides is 3. The maximum Gasteiger partial charge on any atom is 0.321 e. The Kier molecular flexibility index (Phi) is 4.97. The zero-order valence-corrected chi connectivity index (χ0v) is 12.1. The number of imide groups is 1. The Balaban J connectivity index is 1.68. The second-order valence-corrected chi connectivity index (χ2v) is 6.19. The molecule has 3 N–H and O–H groups in total. The highest BCUT2D eigenvalue weighted by molar-refractivity contribution is 8.01. The standard InChI is InChI=1S/C10H15N5O2S2/c1-2-11-9-14-15-10(19-9)18-5-7(16)13-8(17)12-6-3-4-6/h6H,2-5H2,1H3,(H,11,14)(H2,12,13,16,17). The van der Waals surface area contributed by atoms with Gasteiger partial charge in [-0.25, -0.2) is 4.79 Å². The lowest BCUT2D eigenvalue weighted by Crippen LogP contribution is -2.41. The molecule has 0 aromatic carbocycles. The molecule has 0 radical (unpaired) electrons. The Hall–Kier alpha value is -1.35. The number of nitrogens with one attached hydrogen (secondary N) is 3. The van der Waals surface area contributed by atoms with Crippen molar-refractivity contribution in [2.24, 2.45) is 0 Å². The van der Waals surface area contributed by atoms with Crippen LogP contribution < -0.4 is 16.0 Å². The van der Waals surface area contributed by atoms with E-state index in [1.807, 2.05) is 6.92 Å². The van der Waals surface area contributed by atoms with Crippen LogP contribution in [-0.2, 0) is 4.79 Å². The third-order valence-electron chi connectivity index (χ3n) is 2.23. The van der Waals surface area contributed by atoms with Crippen molar-refractivity contribution >= 4 is 40.2 Å². The van der Waals surface area contributed by atoms with Gasteiger partial charge in [-0.2, -0.15) is 0 Å². The van der Waals surface area contributed by atoms with E-state index >= 15 is 0 Å². The fourth-order valence-electron chi connectivity index (χ4n) is 1.23. The number of carbonyl (C=O) groups excluding carboxylic acids is 2. The minimum atomic E-state index is -0.418. The minimum Gasteiger partial charge on any atom is -0.360 e. The molecular weight excluding hydrogens is 286 g/mol. The lowest BCUT2D eigenvalue weighted by molar-refractivity contribution is -0.117. The molecule has 2 rings (SSSR count). The number of hydrogen-bond acceptors (Lipinski definition) is 7. The fraction of sp³-hybridized carbons (Fsp3) is 0.600. The number of aromatic nitrogens is 2. The molecule has 1 fully saturated rings. The lowest BCUT2D eigenvalue weighted by Gasteiger charge is -2.03. The molecule has 0 unspecified atom stereocenters. The van der Waals surface area contributed by atoms with Gasteiger partial charge in [0.05, 0.1) is 5.75 Å². The van der Waals surface area contributed by atoms with Crippen molar-refractivity contribution < 1.29 is 9.59 Å². The minimum absolute atomic E-state index is 0.152. The van der Waals surface area contributed by atoms with Gasteiger partial charge in [-0.1, -0.05) is 23.1 Å². The van der Waals surface area contributed by atoms with Gasteiger partial charge in [0.25, 0.3) is 0 Å². The number of hydrogen-bond donors (Lipinski definition) is 3. The van der Waals surface area contributed by atoms with Crippen LogP contribution in [0.15, 0.2) is 4.34 Å². The molecule has 0 aliphatic heterocycles. The first kappa shape index (κ1) is 14.1. The van der Waals surface area contributed by atoms with Gasteiger partial charge < -0.3 is 10.6 Å². The second-order valence-electron chi connectivity index (χ2n) is 3.99. The van der Waals surface area contributed by atoms with Crippen molar-refractivity contribution in [2.75, 3.05) is 17.6 Å². The summed E-state index contributed by atoms with van der Waals surface area (Å²) in [6.45, 7) is 2.75. The summed E-state index contributed by atoms with van der Waals surface area (Å²) in [5.41, 5.74) is 0. The topological polar surface area (TPSA) is 96.0 Å². The van der Waals surface area contributed by atoms with Gasteiger partial charge in [-0.3, -0.25) is 10.1 Å². The Labute approximate surface area is 118 Å². The molecule has 1 aromatic heterocycles. The molecule has 1 aliphatic rings. The van der Waals surface area contributed by atoms with Crippen molar-refractivity contribution in [2.45, 2.75) is 30.1 Å². The van der Waals surface area contributed by atoms with E-state index in [0.717, 1.165) is 24.5 Å². The van der Waals surface area contributed by atoms with Crippen molar-refractivity contribution in [3.63, 3.8) is 0 Å². The largest absolute Gasteiger partial charge is 0.360 e. The highest BCUT2D eigenvalue weighted by Gasteiger charge is 2.23. The van der Waals surface area contributed by atoms with E-state index in [9.17, 15) is 9.59 Å². The maximum absolute atomic E-state index is 11.5. The Morgan fingerprint density at radius 1 is 1.42 bits per heavy atom. The molecule has 1 saturated carbocycles. The van der Waals surface area contributed by atoms with Crippen LogP contribution in [0, 0.1) is 0 Å². The van der Waals surface area contributed by atoms with Gasteiger partial charge in [0.15, 0.2) is 4.34 Å². The molecule has 9 heteroatoms. The van der Waals surface area contributed by atoms with E-state index in [0.29, 0.717) is 4.34 Å². The summed E-state index contributed by atoms with van der Waals surface area (Å²) in [5, 5.41) is 16.6. The van der Waals surface area contributed by atoms with Crippen LogP contribution in [0.2, 0.25) is 0 Å². The van der Waals surface area contributed by atoms with Gasteiger partial charge in [0.2, 0.25) is 11.0 Å². The number of rotatable bonds is 6. The van der Waals surface area contributed by atoms with Gasteiger partial charge >= 0.3 is 6.03 Å². The smallest absolute Gasteiger partial charge is 0.321 e. The van der Waals surface area contributed by atoms with E-state index in [4.69, 9.17) is 0 Å². The SMILES string of the molecule is CCNc1nnc(SCC(=O)NC(=O)NC2CC2)s1. The molecule has 19 heavy (non-hydrogen) atoms. The third kappa shape index (κ3) is 5.03. The highest BCUT2D eigenvalue weighted by atomic mass is 32.2. The number of carbonyl (C=O) groups is 2. The Bertz CT molecular complexity index is 461. The number of nitrogens with zero attached hydrogens (tertiary/aromatic N) is 2. The van der Waals surface area contributed by atoms with Crippen molar-refractivity contribution in [1.82, 2.24) is 20.8 Å². The van der Waals surface area contributed by atoms with E-state index in [-0.39, 0.29) is 17.7 Å². The quantitative estimate of drug-likeness (QED) is 0.680. The summed E-state index contributed by atoms with van der Waals surface area (Å²) in [4.78, 5) is 22.8. The molecule has 1 aromatic rings. The molecule has 3 amide bonds. The first-order valence-electron chi connectivity index (χ1n) is 5.98. The Morgan fingerprint density at radius 3 is 2.89 bits per heavy atom. The van der Waals surface area contributed by atoms with Crippen LogP contribution in [0.4, 0.5) is 9.93 Å². The lowest BCUT2D eigenvalue weighted by atomic mass is 10.6. The second kappa shape index (κ2) is 6.71. The predicted octanol–water partition coefficient (Wildman–Crippen LogP) is 1.05. The molecule has 0 saturated heterocycles. The zero-order chi connectivity index (χ0) is 13.7. The number of thioether (sulfide) groups is 1. The molecule has 0 spiro atoms. The summed E-state index contributed by atoms with van der Waals surface area (Å²) in [6.07, 6.45) is 1.99. The number of anilines is 1. The Morgan fingerprint density at radius 2 is 2.21 bits per heavy atom. The van der Waals surface area contributed by atoms with Crippen LogP contribution in [0.3, 0.4) is 0 Å². The van der Waals surface area contributed by atoms with E-state index in [2.05, 4.69) is 26.1 Å². The highest BCUT2D eigenvalue weighted by Crippen LogP contribution is 2.25. The maximum atomic E-state index is 11.5. The first-order valence-corrected chi connectivity index (χ1v) is 7.78. The van der Waals surface area contributed by atoms with Gasteiger partial charge in [-0.05, 0) is 19.8 Å². The van der Waals surface area contributed by atoms with Gasteiger partial charge in [0, 0.05) is 12.6 Å². The summed E-state index contributed by atoms with van der Waals surface area (Å²) >= 11 is 2.65. The third-order valence-corrected chi connectivity index (χ3v) is 4.24. The van der Waals surface area contributed by atoms with E-state index in [1.165, 1.54) is 23.1 Å². The van der Waals surface area contributed by atoms with Crippen LogP contribution in [0.25, 0.3) is 0 Å². The van der Waals surface area contributed by atoms with Crippen LogP contribution >= 0.6 is 23.1 Å². The molecule has 7 nitrogen and oxygen atoms in total. The van der Waals surface area contributed by atoms with Crippen molar-refractivity contribution in [3.8, 4) is 0 Å². The van der Waals surface area contributed by atoms with Crippen molar-refractivity contribution in [3.05, 3.63) is 0 Å². The number of urea groups is 1. The van der Waals surface area contributed by atoms with Crippen LogP contribution in [0.1, 0.15) is 19.8 Å². The van der Waals surface area contributed by atoms with E-state index in [1.54, 1.807) is 0 Å². The summed E-state index contributed by atoms with van der Waals surface area (Å²) in [5.74, 6) is -0.179. The van der Waals surface area contributed by atoms with Crippen molar-refractivity contribution in [1.29, 1.82) is 0 Å². The zero-order valence-electron chi connectivity index (χ0n) is 10.4. The monoisotopic (exact) mass is 301 g/mol. The summed E-state index contributed by atoms with van der Waals surface area (Å²) in [6, 6.07) is -0.176. The molecule has 1 heterocycles.